The average molecular weight is 235 g/mol. The normalized spacial score (nSPS) is 20.2. The first kappa shape index (κ1) is 12.1. The molecule has 2 rings (SSSR count). The van der Waals surface area contributed by atoms with Gasteiger partial charge in [0.15, 0.2) is 5.82 Å². The van der Waals surface area contributed by atoms with E-state index in [4.69, 9.17) is 0 Å². The highest BCUT2D eigenvalue weighted by Crippen LogP contribution is 2.35. The van der Waals surface area contributed by atoms with Gasteiger partial charge in [-0.1, -0.05) is 13.8 Å². The van der Waals surface area contributed by atoms with E-state index in [1.165, 1.54) is 12.8 Å². The van der Waals surface area contributed by atoms with E-state index in [1.54, 1.807) is 24.0 Å². The first-order valence-electron chi connectivity index (χ1n) is 6.26. The van der Waals surface area contributed by atoms with Gasteiger partial charge in [-0.05, 0) is 31.1 Å². The van der Waals surface area contributed by atoms with Gasteiger partial charge in [0.1, 0.15) is 0 Å². The maximum absolute atomic E-state index is 11.8. The molecule has 1 aliphatic carbocycles. The predicted octanol–water partition coefficient (Wildman–Crippen LogP) is 2.16. The van der Waals surface area contributed by atoms with Crippen LogP contribution in [0.15, 0.2) is 17.2 Å². The van der Waals surface area contributed by atoms with Crippen LogP contribution in [0, 0.1) is 5.41 Å². The molecule has 1 aromatic rings. The molecule has 17 heavy (non-hydrogen) atoms. The fourth-order valence-electron chi connectivity index (χ4n) is 2.33. The van der Waals surface area contributed by atoms with E-state index in [0.717, 1.165) is 12.8 Å². The lowest BCUT2D eigenvalue weighted by Crippen LogP contribution is -2.33. The quantitative estimate of drug-likeness (QED) is 0.854. The number of hydrogen-bond acceptors (Lipinski definition) is 3. The number of anilines is 1. The molecule has 0 aliphatic heterocycles. The second-order valence-corrected chi connectivity index (χ2v) is 5.77. The molecule has 0 amide bonds. The zero-order chi connectivity index (χ0) is 12.5. The molecule has 1 N–H and O–H groups in total. The number of hydrogen-bond donors (Lipinski definition) is 1. The molecule has 0 saturated heterocycles. The zero-order valence-electron chi connectivity index (χ0n) is 10.9. The fraction of sp³-hybridized carbons (Fsp3) is 0.692. The molecule has 0 radical (unpaired) electrons. The van der Waals surface area contributed by atoms with Crippen LogP contribution in [0.4, 0.5) is 5.82 Å². The van der Waals surface area contributed by atoms with E-state index in [-0.39, 0.29) is 5.56 Å². The number of aryl methyl sites for hydroxylation is 1. The summed E-state index contributed by atoms with van der Waals surface area (Å²) in [6.07, 6.45) is 7.99. The maximum Gasteiger partial charge on any atom is 0.293 e. The second-order valence-electron chi connectivity index (χ2n) is 5.77. The van der Waals surface area contributed by atoms with Crippen molar-refractivity contribution >= 4 is 5.82 Å². The summed E-state index contributed by atoms with van der Waals surface area (Å²) in [6.45, 7) is 4.62. The summed E-state index contributed by atoms with van der Waals surface area (Å²) >= 11 is 0. The van der Waals surface area contributed by atoms with E-state index in [1.807, 2.05) is 0 Å². The molecule has 1 fully saturated rings. The Morgan fingerprint density at radius 1 is 1.41 bits per heavy atom. The largest absolute Gasteiger partial charge is 0.363 e. The molecule has 1 aromatic heterocycles. The van der Waals surface area contributed by atoms with Crippen LogP contribution in [0.3, 0.4) is 0 Å². The third kappa shape index (κ3) is 2.87. The highest BCUT2D eigenvalue weighted by Gasteiger charge is 2.27. The molecular formula is C13H21N3O. The molecule has 0 bridgehead atoms. The molecule has 1 heterocycles. The molecule has 1 saturated carbocycles. The Hall–Kier alpha value is -1.32. The standard InChI is InChI=1S/C13H21N3O/c1-13(2)6-4-10(5-7-13)15-11-12(17)16(3)9-8-14-11/h8-10H,4-7H2,1-3H3,(H,14,15). The Morgan fingerprint density at radius 3 is 2.71 bits per heavy atom. The summed E-state index contributed by atoms with van der Waals surface area (Å²) in [5, 5.41) is 3.28. The van der Waals surface area contributed by atoms with Crippen LogP contribution in [0.5, 0.6) is 0 Å². The maximum atomic E-state index is 11.8. The molecule has 0 spiro atoms. The summed E-state index contributed by atoms with van der Waals surface area (Å²) in [4.78, 5) is 15.9. The van der Waals surface area contributed by atoms with Crippen LogP contribution < -0.4 is 10.9 Å². The first-order valence-corrected chi connectivity index (χ1v) is 6.26. The Kier molecular flexibility index (Phi) is 3.22. The van der Waals surface area contributed by atoms with Crippen LogP contribution in [0.25, 0.3) is 0 Å². The molecule has 1 aliphatic rings. The minimum Gasteiger partial charge on any atom is -0.363 e. The van der Waals surface area contributed by atoms with Gasteiger partial charge in [0, 0.05) is 25.5 Å². The number of nitrogens with one attached hydrogen (secondary N) is 1. The van der Waals surface area contributed by atoms with E-state index in [2.05, 4.69) is 24.1 Å². The van der Waals surface area contributed by atoms with E-state index < -0.39 is 0 Å². The number of aromatic nitrogens is 2. The molecular weight excluding hydrogens is 214 g/mol. The van der Waals surface area contributed by atoms with Gasteiger partial charge in [0.2, 0.25) is 0 Å². The van der Waals surface area contributed by atoms with Crippen LogP contribution in [-0.4, -0.2) is 15.6 Å². The SMILES string of the molecule is Cn1ccnc(NC2CCC(C)(C)CC2)c1=O. The summed E-state index contributed by atoms with van der Waals surface area (Å²) in [7, 11) is 1.75. The summed E-state index contributed by atoms with van der Waals surface area (Å²) in [6, 6.07) is 0.394. The van der Waals surface area contributed by atoms with Crippen molar-refractivity contribution in [2.24, 2.45) is 12.5 Å². The lowest BCUT2D eigenvalue weighted by molar-refractivity contribution is 0.232. The van der Waals surface area contributed by atoms with Crippen LogP contribution in [-0.2, 0) is 7.05 Å². The Labute approximate surface area is 102 Å². The summed E-state index contributed by atoms with van der Waals surface area (Å²) in [5.74, 6) is 0.486. The van der Waals surface area contributed by atoms with Crippen molar-refractivity contribution < 1.29 is 0 Å². The monoisotopic (exact) mass is 235 g/mol. The van der Waals surface area contributed by atoms with E-state index in [0.29, 0.717) is 17.3 Å². The van der Waals surface area contributed by atoms with E-state index in [9.17, 15) is 4.79 Å². The van der Waals surface area contributed by atoms with Gasteiger partial charge >= 0.3 is 0 Å². The van der Waals surface area contributed by atoms with Crippen molar-refractivity contribution in [1.82, 2.24) is 9.55 Å². The molecule has 4 nitrogen and oxygen atoms in total. The zero-order valence-corrected chi connectivity index (χ0v) is 10.9. The van der Waals surface area contributed by atoms with Gasteiger partial charge in [-0.25, -0.2) is 4.98 Å². The van der Waals surface area contributed by atoms with Gasteiger partial charge in [0.25, 0.3) is 5.56 Å². The lowest BCUT2D eigenvalue weighted by Gasteiger charge is -2.34. The molecule has 0 aromatic carbocycles. The fourth-order valence-corrected chi connectivity index (χ4v) is 2.33. The summed E-state index contributed by atoms with van der Waals surface area (Å²) in [5.41, 5.74) is 0.408. The minimum absolute atomic E-state index is 0.0441. The van der Waals surface area contributed by atoms with Crippen LogP contribution in [0.2, 0.25) is 0 Å². The Morgan fingerprint density at radius 2 is 2.06 bits per heavy atom. The number of nitrogens with zero attached hydrogens (tertiary/aromatic N) is 2. The minimum atomic E-state index is -0.0441. The van der Waals surface area contributed by atoms with Crippen molar-refractivity contribution in [2.75, 3.05) is 5.32 Å². The van der Waals surface area contributed by atoms with Crippen molar-refractivity contribution in [2.45, 2.75) is 45.6 Å². The highest BCUT2D eigenvalue weighted by atomic mass is 16.1. The molecule has 0 atom stereocenters. The van der Waals surface area contributed by atoms with Gasteiger partial charge in [-0.3, -0.25) is 4.79 Å². The van der Waals surface area contributed by atoms with Crippen LogP contribution in [0.1, 0.15) is 39.5 Å². The van der Waals surface area contributed by atoms with E-state index >= 15 is 0 Å². The Balaban J connectivity index is 2.03. The van der Waals surface area contributed by atoms with Gasteiger partial charge in [-0.2, -0.15) is 0 Å². The van der Waals surface area contributed by atoms with Crippen molar-refractivity contribution in [3.05, 3.63) is 22.7 Å². The van der Waals surface area contributed by atoms with Crippen molar-refractivity contribution in [1.29, 1.82) is 0 Å². The Bertz CT molecular complexity index is 440. The smallest absolute Gasteiger partial charge is 0.293 e. The topological polar surface area (TPSA) is 46.9 Å². The average Bonchev–Trinajstić information content (AvgIpc) is 2.27. The van der Waals surface area contributed by atoms with Gasteiger partial charge in [0.05, 0.1) is 0 Å². The highest BCUT2D eigenvalue weighted by molar-refractivity contribution is 5.32. The van der Waals surface area contributed by atoms with Crippen molar-refractivity contribution in [3.8, 4) is 0 Å². The predicted molar refractivity (Wildman–Crippen MR) is 69.1 cm³/mol. The van der Waals surface area contributed by atoms with Gasteiger partial charge in [-0.15, -0.1) is 0 Å². The molecule has 94 valence electrons. The summed E-state index contributed by atoms with van der Waals surface area (Å²) < 4.78 is 1.56. The third-order valence-corrected chi connectivity index (χ3v) is 3.70. The van der Waals surface area contributed by atoms with Gasteiger partial charge < -0.3 is 9.88 Å². The third-order valence-electron chi connectivity index (χ3n) is 3.70. The van der Waals surface area contributed by atoms with Crippen LogP contribution >= 0.6 is 0 Å². The molecule has 0 unspecified atom stereocenters. The lowest BCUT2D eigenvalue weighted by atomic mass is 9.75. The second kappa shape index (κ2) is 4.51. The molecule has 4 heteroatoms. The number of rotatable bonds is 2. The first-order chi connectivity index (χ1) is 7.98. The van der Waals surface area contributed by atoms with Crippen molar-refractivity contribution in [3.63, 3.8) is 0 Å².